The second-order valence-corrected chi connectivity index (χ2v) is 7.22. The average molecular weight is 271 g/mol. The number of rotatable bonds is 2. The van der Waals surface area contributed by atoms with Crippen molar-refractivity contribution in [1.29, 1.82) is 0 Å². The van der Waals surface area contributed by atoms with Gasteiger partial charge in [-0.05, 0) is 63.2 Å². The molecule has 0 aromatic carbocycles. The summed E-state index contributed by atoms with van der Waals surface area (Å²) in [5.41, 5.74) is 3.54. The largest absolute Gasteiger partial charge is 0.371 e. The van der Waals surface area contributed by atoms with E-state index < -0.39 is 0 Å². The van der Waals surface area contributed by atoms with E-state index in [0.29, 0.717) is 5.41 Å². The molecule has 0 amide bonds. The van der Waals surface area contributed by atoms with E-state index in [0.717, 1.165) is 5.92 Å². The topological polar surface area (TPSA) is 19.4 Å². The molecule has 1 spiro atoms. The summed E-state index contributed by atoms with van der Waals surface area (Å²) in [4.78, 5) is 9.54. The van der Waals surface area contributed by atoms with Gasteiger partial charge in [-0.3, -0.25) is 4.98 Å². The Kier molecular flexibility index (Phi) is 2.99. The van der Waals surface area contributed by atoms with Crippen LogP contribution in [0.1, 0.15) is 43.6 Å². The average Bonchev–Trinajstić information content (AvgIpc) is 3.22. The highest BCUT2D eigenvalue weighted by atomic mass is 15.2. The van der Waals surface area contributed by atoms with Gasteiger partial charge in [0.2, 0.25) is 0 Å². The Morgan fingerprint density at radius 3 is 2.90 bits per heavy atom. The maximum Gasteiger partial charge on any atom is 0.0432 e. The summed E-state index contributed by atoms with van der Waals surface area (Å²) in [5.74, 6) is 0.796. The number of nitrogens with zero attached hydrogens (tertiary/aromatic N) is 3. The molecule has 3 heterocycles. The molecule has 1 aromatic heterocycles. The van der Waals surface area contributed by atoms with Gasteiger partial charge in [-0.15, -0.1) is 0 Å². The number of piperidine rings is 1. The van der Waals surface area contributed by atoms with Crippen molar-refractivity contribution in [3.05, 3.63) is 24.0 Å². The van der Waals surface area contributed by atoms with Crippen molar-refractivity contribution < 1.29 is 0 Å². The summed E-state index contributed by atoms with van der Waals surface area (Å²) in [6.07, 6.45) is 11.0. The molecule has 0 N–H and O–H groups in total. The molecule has 2 aliphatic heterocycles. The molecule has 3 aliphatic rings. The standard InChI is InChI=1S/C17H25N3/c1-19-9-2-6-17(12-19)7-10-20(13-17)16-5-8-18-11-15(16)14-3-4-14/h5,8,11,14H,2-4,6-7,9-10,12-13H2,1H3. The van der Waals surface area contributed by atoms with Crippen LogP contribution in [-0.4, -0.2) is 43.1 Å². The fourth-order valence-electron chi connectivity index (χ4n) is 4.32. The van der Waals surface area contributed by atoms with E-state index in [1.165, 1.54) is 69.5 Å². The molecule has 3 heteroatoms. The molecule has 4 rings (SSSR count). The van der Waals surface area contributed by atoms with Crippen LogP contribution in [0, 0.1) is 5.41 Å². The lowest BCUT2D eigenvalue weighted by Crippen LogP contribution is -2.43. The molecule has 20 heavy (non-hydrogen) atoms. The van der Waals surface area contributed by atoms with Gasteiger partial charge in [0.25, 0.3) is 0 Å². The molecule has 1 aromatic rings. The maximum absolute atomic E-state index is 4.36. The third-order valence-corrected chi connectivity index (χ3v) is 5.48. The van der Waals surface area contributed by atoms with Crippen LogP contribution in [0.5, 0.6) is 0 Å². The summed E-state index contributed by atoms with van der Waals surface area (Å²) in [6.45, 7) is 5.05. The molecule has 2 saturated heterocycles. The van der Waals surface area contributed by atoms with E-state index in [2.05, 4.69) is 34.1 Å². The Morgan fingerprint density at radius 1 is 1.20 bits per heavy atom. The quantitative estimate of drug-likeness (QED) is 0.824. The van der Waals surface area contributed by atoms with Crippen LogP contribution in [-0.2, 0) is 0 Å². The fourth-order valence-corrected chi connectivity index (χ4v) is 4.32. The molecule has 1 aliphatic carbocycles. The van der Waals surface area contributed by atoms with Gasteiger partial charge < -0.3 is 9.80 Å². The van der Waals surface area contributed by atoms with Crippen molar-refractivity contribution in [2.24, 2.45) is 5.41 Å². The maximum atomic E-state index is 4.36. The summed E-state index contributed by atoms with van der Waals surface area (Å²) in [5, 5.41) is 0. The van der Waals surface area contributed by atoms with Crippen LogP contribution in [0.25, 0.3) is 0 Å². The first-order chi connectivity index (χ1) is 9.76. The van der Waals surface area contributed by atoms with Gasteiger partial charge in [0.05, 0.1) is 0 Å². The number of hydrogen-bond acceptors (Lipinski definition) is 3. The van der Waals surface area contributed by atoms with Crippen LogP contribution in [0.15, 0.2) is 18.5 Å². The highest BCUT2D eigenvalue weighted by Gasteiger charge is 2.41. The van der Waals surface area contributed by atoms with Gasteiger partial charge in [-0.1, -0.05) is 0 Å². The third kappa shape index (κ3) is 2.22. The van der Waals surface area contributed by atoms with Crippen molar-refractivity contribution in [2.45, 2.75) is 38.0 Å². The van der Waals surface area contributed by atoms with E-state index in [1.54, 1.807) is 0 Å². The summed E-state index contributed by atoms with van der Waals surface area (Å²) in [6, 6.07) is 2.25. The van der Waals surface area contributed by atoms with Crippen molar-refractivity contribution in [1.82, 2.24) is 9.88 Å². The van der Waals surface area contributed by atoms with Crippen molar-refractivity contribution >= 4 is 5.69 Å². The molecule has 3 nitrogen and oxygen atoms in total. The van der Waals surface area contributed by atoms with Crippen molar-refractivity contribution in [2.75, 3.05) is 38.1 Å². The van der Waals surface area contributed by atoms with E-state index >= 15 is 0 Å². The molecule has 0 bridgehead atoms. The lowest BCUT2D eigenvalue weighted by Gasteiger charge is -2.38. The number of hydrogen-bond donors (Lipinski definition) is 0. The molecular weight excluding hydrogens is 246 g/mol. The smallest absolute Gasteiger partial charge is 0.0432 e. The zero-order valence-electron chi connectivity index (χ0n) is 12.5. The second-order valence-electron chi connectivity index (χ2n) is 7.22. The first-order valence-electron chi connectivity index (χ1n) is 8.13. The van der Waals surface area contributed by atoms with Gasteiger partial charge in [0.1, 0.15) is 0 Å². The predicted octanol–water partition coefficient (Wildman–Crippen LogP) is 2.88. The zero-order chi connectivity index (χ0) is 13.6. The monoisotopic (exact) mass is 271 g/mol. The number of pyridine rings is 1. The number of anilines is 1. The highest BCUT2D eigenvalue weighted by Crippen LogP contribution is 2.46. The predicted molar refractivity (Wildman–Crippen MR) is 82.2 cm³/mol. The lowest BCUT2D eigenvalue weighted by molar-refractivity contribution is 0.128. The number of likely N-dealkylation sites (tertiary alicyclic amines) is 1. The zero-order valence-corrected chi connectivity index (χ0v) is 12.5. The first-order valence-corrected chi connectivity index (χ1v) is 8.13. The minimum absolute atomic E-state index is 0.553. The normalized spacial score (nSPS) is 31.1. The Bertz CT molecular complexity index is 497. The van der Waals surface area contributed by atoms with Gasteiger partial charge in [-0.25, -0.2) is 0 Å². The van der Waals surface area contributed by atoms with Crippen LogP contribution in [0.3, 0.4) is 0 Å². The lowest BCUT2D eigenvalue weighted by atomic mass is 9.79. The van der Waals surface area contributed by atoms with E-state index in [4.69, 9.17) is 0 Å². The van der Waals surface area contributed by atoms with Crippen LogP contribution >= 0.6 is 0 Å². The Balaban J connectivity index is 1.56. The molecule has 108 valence electrons. The molecule has 1 unspecified atom stereocenters. The van der Waals surface area contributed by atoms with E-state index in [-0.39, 0.29) is 0 Å². The number of aromatic nitrogens is 1. The molecule has 0 radical (unpaired) electrons. The summed E-state index contributed by atoms with van der Waals surface area (Å²) < 4.78 is 0. The van der Waals surface area contributed by atoms with Gasteiger partial charge in [0, 0.05) is 43.1 Å². The summed E-state index contributed by atoms with van der Waals surface area (Å²) >= 11 is 0. The molecule has 3 fully saturated rings. The molecule has 1 saturated carbocycles. The van der Waals surface area contributed by atoms with Crippen molar-refractivity contribution in [3.63, 3.8) is 0 Å². The minimum Gasteiger partial charge on any atom is -0.371 e. The molecule has 1 atom stereocenters. The van der Waals surface area contributed by atoms with Gasteiger partial charge >= 0.3 is 0 Å². The Morgan fingerprint density at radius 2 is 2.10 bits per heavy atom. The van der Waals surface area contributed by atoms with Gasteiger partial charge in [-0.2, -0.15) is 0 Å². The second kappa shape index (κ2) is 4.73. The Labute approximate surface area is 122 Å². The minimum atomic E-state index is 0.553. The van der Waals surface area contributed by atoms with E-state index in [1.807, 2.05) is 6.20 Å². The van der Waals surface area contributed by atoms with Crippen LogP contribution in [0.2, 0.25) is 0 Å². The fraction of sp³-hybridized carbons (Fsp3) is 0.706. The van der Waals surface area contributed by atoms with Crippen LogP contribution < -0.4 is 4.90 Å². The molecular formula is C17H25N3. The third-order valence-electron chi connectivity index (χ3n) is 5.48. The highest BCUT2D eigenvalue weighted by molar-refractivity contribution is 5.56. The van der Waals surface area contributed by atoms with Gasteiger partial charge in [0.15, 0.2) is 0 Å². The van der Waals surface area contributed by atoms with Crippen molar-refractivity contribution in [3.8, 4) is 0 Å². The first kappa shape index (κ1) is 12.6. The summed E-state index contributed by atoms with van der Waals surface area (Å²) in [7, 11) is 2.28. The van der Waals surface area contributed by atoms with Crippen LogP contribution in [0.4, 0.5) is 5.69 Å². The van der Waals surface area contributed by atoms with E-state index in [9.17, 15) is 0 Å². The SMILES string of the molecule is CN1CCCC2(CCN(c3ccncc3C3CC3)C2)C1. The Hall–Kier alpha value is -1.09.